The number of carbonyl (C=O) groups excluding carboxylic acids is 2. The summed E-state index contributed by atoms with van der Waals surface area (Å²) < 4.78 is 13.9. The first-order chi connectivity index (χ1) is 32.3. The van der Waals surface area contributed by atoms with Gasteiger partial charge < -0.3 is 65.1 Å². The molecule has 5 aromatic carbocycles. The van der Waals surface area contributed by atoms with Gasteiger partial charge >= 0.3 is 11.9 Å². The van der Waals surface area contributed by atoms with E-state index in [1.54, 1.807) is 0 Å². The molecule has 2 aliphatic heterocycles. The first-order valence-corrected chi connectivity index (χ1v) is 26.7. The molecule has 12 heteroatoms. The Morgan fingerprint density at radius 1 is 0.535 bits per heavy atom. The van der Waals surface area contributed by atoms with Crippen LogP contribution in [0.25, 0.3) is 6.08 Å². The fourth-order valence-corrected chi connectivity index (χ4v) is 12.8. The number of allylic oxidation sites excluding steroid dienone is 11. The van der Waals surface area contributed by atoms with E-state index in [-0.39, 0.29) is 71.2 Å². The smallest absolute Gasteiger partial charge is 0.310 e. The highest BCUT2D eigenvalue weighted by Crippen LogP contribution is 2.44. The lowest BCUT2D eigenvalue weighted by molar-refractivity contribution is -0.403. The molecule has 376 valence electrons. The van der Waals surface area contributed by atoms with Crippen LogP contribution in [0.5, 0.6) is 0 Å². The molecule has 0 bridgehead atoms. The van der Waals surface area contributed by atoms with Crippen molar-refractivity contribution in [2.75, 3.05) is 14.1 Å². The molecule has 0 spiro atoms. The molecule has 7 rings (SSSR count). The molecule has 0 amide bonds. The zero-order valence-corrected chi connectivity index (χ0v) is 55.3. The molecule has 0 saturated heterocycles. The van der Waals surface area contributed by atoms with Crippen molar-refractivity contribution in [2.45, 2.75) is 72.1 Å². The number of halogens is 7. The number of nitrogens with zero attached hydrogens (tertiary/aromatic N) is 2. The first-order valence-electron chi connectivity index (χ1n) is 22.3. The van der Waals surface area contributed by atoms with Gasteiger partial charge in [-0.3, -0.25) is 9.59 Å². The Morgan fingerprint density at radius 3 is 1.34 bits per heavy atom. The number of hydrogen-bond donors (Lipinski definition) is 0. The maximum atomic E-state index is 9.81. The molecular weight excluding hydrogens is 1580 g/mol. The Morgan fingerprint density at radius 2 is 0.915 bits per heavy atom. The topological polar surface area (TPSA) is 49.4 Å². The normalized spacial score (nSPS) is 13.9. The lowest BCUT2D eigenvalue weighted by atomic mass is 9.81. The van der Waals surface area contributed by atoms with Crippen molar-refractivity contribution in [2.24, 2.45) is 0 Å². The van der Waals surface area contributed by atoms with E-state index in [2.05, 4.69) is 317 Å². The highest BCUT2D eigenvalue weighted by atomic mass is 127. The van der Waals surface area contributed by atoms with Gasteiger partial charge in [0.15, 0.2) is 11.4 Å². The third kappa shape index (κ3) is 21.1. The van der Waals surface area contributed by atoms with Crippen LogP contribution in [0.15, 0.2) is 182 Å². The molecule has 0 aliphatic carbocycles. The Kier molecular flexibility index (Phi) is 31.5. The lowest BCUT2D eigenvalue weighted by Gasteiger charge is -2.17. The van der Waals surface area contributed by atoms with E-state index in [0.717, 1.165) is 12.8 Å². The molecule has 0 atom stereocenters. The average molecular weight is 1640 g/mol. The van der Waals surface area contributed by atoms with Gasteiger partial charge in [0, 0.05) is 53.3 Å². The molecule has 0 N–H and O–H groups in total. The number of rotatable bonds is 10. The van der Waals surface area contributed by atoms with E-state index in [1.807, 2.05) is 24.3 Å². The van der Waals surface area contributed by atoms with Gasteiger partial charge in [-0.05, 0) is 160 Å². The van der Waals surface area contributed by atoms with Crippen molar-refractivity contribution in [1.29, 1.82) is 0 Å². The summed E-state index contributed by atoms with van der Waals surface area (Å²) in [5, 5.41) is 0. The Bertz CT molecular complexity index is 2760. The predicted octanol–water partition coefficient (Wildman–Crippen LogP) is 6.90. The van der Waals surface area contributed by atoms with Gasteiger partial charge in [-0.1, -0.05) is 158 Å². The van der Waals surface area contributed by atoms with Crippen molar-refractivity contribution in [1.82, 2.24) is 0 Å². The van der Waals surface area contributed by atoms with Crippen LogP contribution in [0, 0.1) is 14.3 Å². The fraction of sp³-hybridized carbons (Fsp3) is 0.220. The maximum Gasteiger partial charge on any atom is 0.310 e. The lowest BCUT2D eigenvalue weighted by Crippen LogP contribution is -3.00. The minimum atomic E-state index is -0.562. The van der Waals surface area contributed by atoms with Crippen molar-refractivity contribution < 1.29 is 83.8 Å². The summed E-state index contributed by atoms with van der Waals surface area (Å²) in [5.74, 6) is -1.12. The SMILES string of the molecule is C(=C\C=C\c1ccccc1)/C=C/Cc1ccccc1.CC(=O)OC(C)=O.CC1=[N+](C)c2cc(I)cc(I)c2C1(C)C.C[N+]1=C(/C=C/C=C/C=C/Cc2ccccc2)C(C)(C)c2c(I)cc(I)cc21.[Cl-].[I-].[I-]. The molecule has 71 heavy (non-hydrogen) atoms. The zero-order chi connectivity index (χ0) is 49.9. The minimum absolute atomic E-state index is 0. The second-order valence-corrected chi connectivity index (χ2v) is 21.9. The molecular formula is C59H62ClI6N2O3-. The summed E-state index contributed by atoms with van der Waals surface area (Å²) >= 11 is 9.71. The van der Waals surface area contributed by atoms with Crippen LogP contribution >= 0.6 is 90.4 Å². The second-order valence-electron chi connectivity index (χ2n) is 17.1. The Labute approximate surface area is 518 Å². The quantitative estimate of drug-likeness (QED) is 0.0504. The third-order valence-corrected chi connectivity index (χ3v) is 14.4. The van der Waals surface area contributed by atoms with Gasteiger partial charge in [-0.25, -0.2) is 4.58 Å². The Hall–Kier alpha value is -2.31. The summed E-state index contributed by atoms with van der Waals surface area (Å²) in [6.07, 6.45) is 27.4. The molecule has 2 heterocycles. The van der Waals surface area contributed by atoms with Gasteiger partial charge in [-0.15, -0.1) is 0 Å². The number of esters is 2. The van der Waals surface area contributed by atoms with Crippen LogP contribution in [-0.4, -0.2) is 46.6 Å². The van der Waals surface area contributed by atoms with Gasteiger partial charge in [0.1, 0.15) is 14.1 Å². The minimum Gasteiger partial charge on any atom is -1.00 e. The number of ether oxygens (including phenoxy) is 1. The predicted molar refractivity (Wildman–Crippen MR) is 321 cm³/mol. The van der Waals surface area contributed by atoms with Gasteiger partial charge in [0.25, 0.3) is 0 Å². The molecule has 0 aromatic heterocycles. The van der Waals surface area contributed by atoms with Crippen LogP contribution in [0.4, 0.5) is 11.4 Å². The molecule has 0 radical (unpaired) electrons. The number of fused-ring (bicyclic) bond motifs is 2. The highest BCUT2D eigenvalue weighted by molar-refractivity contribution is 14.1. The van der Waals surface area contributed by atoms with E-state index in [0.29, 0.717) is 0 Å². The molecule has 0 fully saturated rings. The fourth-order valence-electron chi connectivity index (χ4n) is 7.79. The van der Waals surface area contributed by atoms with E-state index in [9.17, 15) is 9.59 Å². The first kappa shape index (κ1) is 66.7. The van der Waals surface area contributed by atoms with Crippen molar-refractivity contribution >= 4 is 131 Å². The second kappa shape index (κ2) is 33.6. The van der Waals surface area contributed by atoms with E-state index in [4.69, 9.17) is 0 Å². The summed E-state index contributed by atoms with van der Waals surface area (Å²) in [5.41, 5.74) is 12.4. The van der Waals surface area contributed by atoms with Crippen LogP contribution in [0.1, 0.15) is 76.3 Å². The summed E-state index contributed by atoms with van der Waals surface area (Å²) in [4.78, 5) is 19.6. The number of benzene rings is 5. The van der Waals surface area contributed by atoms with Crippen molar-refractivity contribution in [3.8, 4) is 0 Å². The van der Waals surface area contributed by atoms with Gasteiger partial charge in [0.2, 0.25) is 11.4 Å². The van der Waals surface area contributed by atoms with Crippen molar-refractivity contribution in [3.05, 3.63) is 224 Å². The van der Waals surface area contributed by atoms with E-state index in [1.165, 1.54) is 78.7 Å². The highest BCUT2D eigenvalue weighted by Gasteiger charge is 2.45. The van der Waals surface area contributed by atoms with Crippen LogP contribution < -0.4 is 60.4 Å². The van der Waals surface area contributed by atoms with Crippen LogP contribution in [-0.2, 0) is 38.0 Å². The molecule has 0 unspecified atom stereocenters. The summed E-state index contributed by atoms with van der Waals surface area (Å²) in [6.45, 7) is 13.8. The number of hydrogen-bond acceptors (Lipinski definition) is 3. The third-order valence-electron chi connectivity index (χ3n) is 11.4. The molecule has 5 nitrogen and oxygen atoms in total. The summed E-state index contributed by atoms with van der Waals surface area (Å²) in [7, 11) is 4.33. The largest absolute Gasteiger partial charge is 1.00 e. The van der Waals surface area contributed by atoms with Gasteiger partial charge in [-0.2, -0.15) is 4.58 Å². The van der Waals surface area contributed by atoms with Gasteiger partial charge in [0.05, 0.1) is 22.0 Å². The van der Waals surface area contributed by atoms with E-state index >= 15 is 0 Å². The van der Waals surface area contributed by atoms with E-state index < -0.39 is 11.9 Å². The van der Waals surface area contributed by atoms with Crippen molar-refractivity contribution in [3.63, 3.8) is 0 Å². The Balaban J connectivity index is 0.000000505. The van der Waals surface area contributed by atoms with Crippen LogP contribution in [0.2, 0.25) is 0 Å². The molecule has 2 aliphatic rings. The number of carbonyl (C=O) groups is 2. The van der Waals surface area contributed by atoms with Crippen LogP contribution in [0.3, 0.4) is 0 Å². The zero-order valence-electron chi connectivity index (χ0n) is 41.6. The summed E-state index contributed by atoms with van der Waals surface area (Å²) in [6, 6.07) is 40.4. The maximum absolute atomic E-state index is 9.81. The monoisotopic (exact) mass is 1640 g/mol. The average Bonchev–Trinajstić information content (AvgIpc) is 3.59. The molecule has 0 saturated carbocycles. The molecule has 5 aromatic rings. The standard InChI is InChI=1S/C24H24I2N.C19H18.C12H14I2N.C4H6O3.ClH.2HI/c1-24(2)22(27(3)21-17-19(25)16-20(26)23(21)24)15-11-6-4-5-8-12-18-13-9-7-10-14-18;1(2-6-12-18-14-8-4-9-15-18)3-7-13-19-16-10-5-11-17-19;1-7-12(2,3)11-9(14)5-8(13)6-10(11)15(7)4;1-3(5)7-4(2)6;;;/h4-11,13-17H,12H2,1-3H3;1-12,14-17H,13H2;5-6H,1-4H3;1-2H3;3*1H/q+1;;+1;;;;/p-3/b6-4+,8-5+,15-11+;2-1+,7-3+,12-6+;;;;;.